The van der Waals surface area contributed by atoms with Crippen molar-refractivity contribution in [1.29, 1.82) is 0 Å². The van der Waals surface area contributed by atoms with Gasteiger partial charge in [-0.3, -0.25) is 9.59 Å². The number of ether oxygens (including phenoxy) is 2. The van der Waals surface area contributed by atoms with Crippen LogP contribution in [0.15, 0.2) is 18.2 Å². The number of aryl methyl sites for hydroxylation is 1. The van der Waals surface area contributed by atoms with E-state index in [1.165, 1.54) is 25.7 Å². The maximum Gasteiger partial charge on any atom is 0.311 e. The zero-order valence-electron chi connectivity index (χ0n) is 19.1. The van der Waals surface area contributed by atoms with Crippen LogP contribution in [-0.2, 0) is 9.59 Å². The van der Waals surface area contributed by atoms with Gasteiger partial charge in [0.25, 0.3) is 0 Å². The molecule has 0 fully saturated rings. The van der Waals surface area contributed by atoms with Crippen LogP contribution in [0.4, 0.5) is 0 Å². The van der Waals surface area contributed by atoms with Crippen LogP contribution in [0.5, 0.6) is 11.5 Å². The van der Waals surface area contributed by atoms with Gasteiger partial charge in [-0.05, 0) is 49.3 Å². The lowest BCUT2D eigenvalue weighted by Gasteiger charge is -2.12. The molecule has 0 saturated carbocycles. The Morgan fingerprint density at radius 2 is 1.17 bits per heavy atom. The maximum absolute atomic E-state index is 12.2. The SMILES string of the molecule is CCCCC(C)CCC(=O)Oc1cc(C)cc(OC(=O)CCC(C)CCCC)c1. The van der Waals surface area contributed by atoms with Gasteiger partial charge in [0, 0.05) is 18.9 Å². The van der Waals surface area contributed by atoms with Crippen LogP contribution in [0.2, 0.25) is 0 Å². The predicted molar refractivity (Wildman–Crippen MR) is 118 cm³/mol. The first kappa shape index (κ1) is 25.2. The van der Waals surface area contributed by atoms with Gasteiger partial charge in [-0.25, -0.2) is 0 Å². The van der Waals surface area contributed by atoms with Crippen molar-refractivity contribution in [2.45, 2.75) is 98.8 Å². The number of rotatable bonds is 14. The van der Waals surface area contributed by atoms with E-state index < -0.39 is 0 Å². The van der Waals surface area contributed by atoms with Crippen molar-refractivity contribution >= 4 is 11.9 Å². The molecule has 0 N–H and O–H groups in total. The van der Waals surface area contributed by atoms with Crippen molar-refractivity contribution in [3.05, 3.63) is 23.8 Å². The molecule has 0 aliphatic rings. The summed E-state index contributed by atoms with van der Waals surface area (Å²) in [5, 5.41) is 0. The largest absolute Gasteiger partial charge is 0.426 e. The molecule has 0 aliphatic carbocycles. The molecule has 164 valence electrons. The molecule has 1 rings (SSSR count). The molecule has 29 heavy (non-hydrogen) atoms. The van der Waals surface area contributed by atoms with Crippen LogP contribution in [0.3, 0.4) is 0 Å². The second-order valence-electron chi connectivity index (χ2n) is 8.50. The molecule has 2 unspecified atom stereocenters. The minimum absolute atomic E-state index is 0.235. The fourth-order valence-electron chi connectivity index (χ4n) is 3.32. The Kier molecular flexibility index (Phi) is 12.3. The highest BCUT2D eigenvalue weighted by molar-refractivity contribution is 5.74. The fourth-order valence-corrected chi connectivity index (χ4v) is 3.32. The van der Waals surface area contributed by atoms with Crippen LogP contribution in [0.25, 0.3) is 0 Å². The molecule has 0 amide bonds. The van der Waals surface area contributed by atoms with E-state index in [2.05, 4.69) is 27.7 Å². The zero-order chi connectivity index (χ0) is 21.6. The molecule has 0 heterocycles. The van der Waals surface area contributed by atoms with E-state index in [0.717, 1.165) is 31.2 Å². The minimum atomic E-state index is -0.235. The molecule has 0 bridgehead atoms. The predicted octanol–water partition coefficient (Wildman–Crippen LogP) is 7.02. The maximum atomic E-state index is 12.2. The number of esters is 2. The van der Waals surface area contributed by atoms with Gasteiger partial charge in [0.15, 0.2) is 0 Å². The lowest BCUT2D eigenvalue weighted by atomic mass is 9.99. The third kappa shape index (κ3) is 11.7. The number of hydrogen-bond donors (Lipinski definition) is 0. The van der Waals surface area contributed by atoms with E-state index in [1.54, 1.807) is 18.2 Å². The summed E-state index contributed by atoms with van der Waals surface area (Å²) >= 11 is 0. The molecule has 0 spiro atoms. The van der Waals surface area contributed by atoms with Crippen molar-refractivity contribution in [2.24, 2.45) is 11.8 Å². The standard InChI is InChI=1S/C25H40O4/c1-6-8-10-19(3)12-14-24(26)28-22-16-21(5)17-23(18-22)29-25(27)15-13-20(4)11-9-7-2/h16-20H,6-15H2,1-5H3. The van der Waals surface area contributed by atoms with Gasteiger partial charge in [-0.1, -0.05) is 66.2 Å². The number of unbranched alkanes of at least 4 members (excludes halogenated alkanes) is 2. The normalized spacial score (nSPS) is 13.0. The van der Waals surface area contributed by atoms with Crippen molar-refractivity contribution in [1.82, 2.24) is 0 Å². The average molecular weight is 405 g/mol. The monoisotopic (exact) mass is 404 g/mol. The van der Waals surface area contributed by atoms with E-state index in [4.69, 9.17) is 9.47 Å². The van der Waals surface area contributed by atoms with Gasteiger partial charge >= 0.3 is 11.9 Å². The van der Waals surface area contributed by atoms with Gasteiger partial charge in [0.05, 0.1) is 0 Å². The molecular formula is C25H40O4. The Balaban J connectivity index is 2.50. The quantitative estimate of drug-likeness (QED) is 0.247. The molecule has 0 saturated heterocycles. The van der Waals surface area contributed by atoms with Gasteiger partial charge in [0.1, 0.15) is 11.5 Å². The molecule has 4 heteroatoms. The summed E-state index contributed by atoms with van der Waals surface area (Å²) in [6, 6.07) is 5.22. The van der Waals surface area contributed by atoms with Crippen LogP contribution in [0.1, 0.15) is 97.5 Å². The lowest BCUT2D eigenvalue weighted by Crippen LogP contribution is -2.11. The highest BCUT2D eigenvalue weighted by Gasteiger charge is 2.13. The van der Waals surface area contributed by atoms with Crippen molar-refractivity contribution < 1.29 is 19.1 Å². The number of benzene rings is 1. The van der Waals surface area contributed by atoms with Gasteiger partial charge in [-0.15, -0.1) is 0 Å². The number of carbonyl (C=O) groups is 2. The zero-order valence-corrected chi connectivity index (χ0v) is 19.1. The third-order valence-corrected chi connectivity index (χ3v) is 5.27. The molecule has 0 aliphatic heterocycles. The Hall–Kier alpha value is -1.84. The average Bonchev–Trinajstić information content (AvgIpc) is 2.67. The minimum Gasteiger partial charge on any atom is -0.426 e. The van der Waals surface area contributed by atoms with Crippen LogP contribution in [0, 0.1) is 18.8 Å². The second kappa shape index (κ2) is 14.2. The highest BCUT2D eigenvalue weighted by atomic mass is 16.5. The topological polar surface area (TPSA) is 52.6 Å². The van der Waals surface area contributed by atoms with Crippen LogP contribution >= 0.6 is 0 Å². The van der Waals surface area contributed by atoms with E-state index in [9.17, 15) is 9.59 Å². The van der Waals surface area contributed by atoms with E-state index in [0.29, 0.717) is 36.2 Å². The Morgan fingerprint density at radius 1 is 0.759 bits per heavy atom. The second-order valence-corrected chi connectivity index (χ2v) is 8.50. The molecule has 0 radical (unpaired) electrons. The fraction of sp³-hybridized carbons (Fsp3) is 0.680. The summed E-state index contributed by atoms with van der Waals surface area (Å²) in [5.74, 6) is 1.46. The number of carbonyl (C=O) groups excluding carboxylic acids is 2. The van der Waals surface area contributed by atoms with Gasteiger partial charge < -0.3 is 9.47 Å². The first-order valence-corrected chi connectivity index (χ1v) is 11.4. The molecule has 0 aromatic heterocycles. The van der Waals surface area contributed by atoms with Crippen LogP contribution < -0.4 is 9.47 Å². The van der Waals surface area contributed by atoms with E-state index in [1.807, 2.05) is 6.92 Å². The Bertz CT molecular complexity index is 573. The summed E-state index contributed by atoms with van der Waals surface area (Å²) in [6.07, 6.45) is 9.52. The summed E-state index contributed by atoms with van der Waals surface area (Å²) in [4.78, 5) is 24.3. The van der Waals surface area contributed by atoms with Gasteiger partial charge in [-0.2, -0.15) is 0 Å². The van der Waals surface area contributed by atoms with Crippen molar-refractivity contribution in [3.63, 3.8) is 0 Å². The summed E-state index contributed by atoms with van der Waals surface area (Å²) < 4.78 is 11.0. The van der Waals surface area contributed by atoms with Crippen LogP contribution in [-0.4, -0.2) is 11.9 Å². The van der Waals surface area contributed by atoms with E-state index in [-0.39, 0.29) is 11.9 Å². The summed E-state index contributed by atoms with van der Waals surface area (Å²) in [7, 11) is 0. The molecular weight excluding hydrogens is 364 g/mol. The molecule has 1 aromatic rings. The first-order valence-electron chi connectivity index (χ1n) is 11.4. The molecule has 4 nitrogen and oxygen atoms in total. The first-order chi connectivity index (χ1) is 13.8. The van der Waals surface area contributed by atoms with Crippen molar-refractivity contribution in [3.8, 4) is 11.5 Å². The van der Waals surface area contributed by atoms with Crippen molar-refractivity contribution in [2.75, 3.05) is 0 Å². The van der Waals surface area contributed by atoms with E-state index >= 15 is 0 Å². The number of hydrogen-bond acceptors (Lipinski definition) is 4. The smallest absolute Gasteiger partial charge is 0.311 e. The highest BCUT2D eigenvalue weighted by Crippen LogP contribution is 2.24. The molecule has 2 atom stereocenters. The third-order valence-electron chi connectivity index (χ3n) is 5.27. The lowest BCUT2D eigenvalue weighted by molar-refractivity contribution is -0.135. The summed E-state index contributed by atoms with van der Waals surface area (Å²) in [5.41, 5.74) is 0.894. The molecule has 1 aromatic carbocycles. The van der Waals surface area contributed by atoms with Gasteiger partial charge in [0.2, 0.25) is 0 Å². The Labute approximate surface area is 177 Å². The Morgan fingerprint density at radius 3 is 1.55 bits per heavy atom. The summed E-state index contributed by atoms with van der Waals surface area (Å²) in [6.45, 7) is 10.6.